The van der Waals surface area contributed by atoms with Crippen molar-refractivity contribution in [3.8, 4) is 0 Å². The highest BCUT2D eigenvalue weighted by atomic mass is 16.1. The van der Waals surface area contributed by atoms with E-state index in [2.05, 4.69) is 78.6 Å². The first-order valence-corrected chi connectivity index (χ1v) is 10.0. The second-order valence-corrected chi connectivity index (χ2v) is 7.65. The molecule has 0 spiro atoms. The van der Waals surface area contributed by atoms with Crippen molar-refractivity contribution in [3.05, 3.63) is 107 Å². The van der Waals surface area contributed by atoms with Crippen LogP contribution in [0.25, 0.3) is 10.9 Å². The molecule has 0 bridgehead atoms. The third-order valence-corrected chi connectivity index (χ3v) is 5.47. The van der Waals surface area contributed by atoms with Crippen molar-refractivity contribution < 1.29 is 4.79 Å². The van der Waals surface area contributed by atoms with Gasteiger partial charge >= 0.3 is 0 Å². The van der Waals surface area contributed by atoms with Gasteiger partial charge in [-0.1, -0.05) is 78.4 Å². The molecule has 1 unspecified atom stereocenters. The van der Waals surface area contributed by atoms with Crippen molar-refractivity contribution in [2.45, 2.75) is 25.8 Å². The lowest BCUT2D eigenvalue weighted by Crippen LogP contribution is -2.25. The predicted octanol–water partition coefficient (Wildman–Crippen LogP) is 5.33. The lowest BCUT2D eigenvalue weighted by Gasteiger charge is -2.18. The number of hydrogen-bond donors (Lipinski definition) is 1. The SMILES string of the molecule is Cc1cccc(C(CC(=O)NCc2ccccc2)c2cn(C)c3ccccc23)c1. The van der Waals surface area contributed by atoms with Gasteiger partial charge in [0.25, 0.3) is 0 Å². The third-order valence-electron chi connectivity index (χ3n) is 5.47. The van der Waals surface area contributed by atoms with Crippen LogP contribution in [-0.2, 0) is 18.4 Å². The van der Waals surface area contributed by atoms with Gasteiger partial charge < -0.3 is 9.88 Å². The quantitative estimate of drug-likeness (QED) is 0.481. The monoisotopic (exact) mass is 382 g/mol. The van der Waals surface area contributed by atoms with Crippen LogP contribution in [0.4, 0.5) is 0 Å². The van der Waals surface area contributed by atoms with E-state index in [9.17, 15) is 4.79 Å². The highest BCUT2D eigenvalue weighted by molar-refractivity contribution is 5.86. The number of aromatic nitrogens is 1. The fourth-order valence-electron chi connectivity index (χ4n) is 4.00. The fraction of sp³-hybridized carbons (Fsp3) is 0.192. The van der Waals surface area contributed by atoms with Gasteiger partial charge in [0.1, 0.15) is 0 Å². The van der Waals surface area contributed by atoms with E-state index in [1.165, 1.54) is 27.6 Å². The first-order chi connectivity index (χ1) is 14.1. The van der Waals surface area contributed by atoms with Crippen LogP contribution in [0.2, 0.25) is 0 Å². The summed E-state index contributed by atoms with van der Waals surface area (Å²) in [7, 11) is 2.06. The van der Waals surface area contributed by atoms with Crippen molar-refractivity contribution in [1.29, 1.82) is 0 Å². The molecule has 4 rings (SSSR count). The molecule has 3 nitrogen and oxygen atoms in total. The molecule has 0 aliphatic carbocycles. The van der Waals surface area contributed by atoms with Gasteiger partial charge in [-0.2, -0.15) is 0 Å². The van der Waals surface area contributed by atoms with Crippen LogP contribution in [0.5, 0.6) is 0 Å². The molecule has 4 aromatic rings. The molecule has 0 aliphatic heterocycles. The molecule has 1 amide bonds. The molecule has 1 heterocycles. The molecule has 3 aromatic carbocycles. The van der Waals surface area contributed by atoms with Crippen molar-refractivity contribution in [2.75, 3.05) is 0 Å². The molecule has 0 saturated carbocycles. The summed E-state index contributed by atoms with van der Waals surface area (Å²) < 4.78 is 2.15. The summed E-state index contributed by atoms with van der Waals surface area (Å²) in [6.45, 7) is 2.65. The molecule has 3 heteroatoms. The number of hydrogen-bond acceptors (Lipinski definition) is 1. The average molecular weight is 383 g/mol. The molecular weight excluding hydrogens is 356 g/mol. The zero-order chi connectivity index (χ0) is 20.2. The maximum Gasteiger partial charge on any atom is 0.221 e. The largest absolute Gasteiger partial charge is 0.352 e. The van der Waals surface area contributed by atoms with E-state index in [0.717, 1.165) is 5.56 Å². The molecule has 0 aliphatic rings. The van der Waals surface area contributed by atoms with E-state index < -0.39 is 0 Å². The highest BCUT2D eigenvalue weighted by Crippen LogP contribution is 2.34. The van der Waals surface area contributed by atoms with Crippen LogP contribution < -0.4 is 5.32 Å². The van der Waals surface area contributed by atoms with Gasteiger partial charge in [-0.15, -0.1) is 0 Å². The lowest BCUT2D eigenvalue weighted by molar-refractivity contribution is -0.121. The van der Waals surface area contributed by atoms with Gasteiger partial charge in [-0.25, -0.2) is 0 Å². The number of aryl methyl sites for hydroxylation is 2. The van der Waals surface area contributed by atoms with Gasteiger partial charge in [0.2, 0.25) is 5.91 Å². The van der Waals surface area contributed by atoms with E-state index in [0.29, 0.717) is 13.0 Å². The Hall–Kier alpha value is -3.33. The third kappa shape index (κ3) is 4.24. The number of nitrogens with one attached hydrogen (secondary N) is 1. The number of nitrogens with zero attached hydrogens (tertiary/aromatic N) is 1. The number of fused-ring (bicyclic) bond motifs is 1. The van der Waals surface area contributed by atoms with Crippen molar-refractivity contribution in [3.63, 3.8) is 0 Å². The summed E-state index contributed by atoms with van der Waals surface area (Å²) in [5.74, 6) is 0.0741. The first kappa shape index (κ1) is 19.0. The zero-order valence-corrected chi connectivity index (χ0v) is 16.9. The molecular formula is C26H26N2O. The van der Waals surface area contributed by atoms with Crippen LogP contribution in [0.3, 0.4) is 0 Å². The number of para-hydroxylation sites is 1. The minimum Gasteiger partial charge on any atom is -0.352 e. The van der Waals surface area contributed by atoms with Gasteiger partial charge in [0.05, 0.1) is 0 Å². The van der Waals surface area contributed by atoms with Gasteiger partial charge in [0, 0.05) is 43.0 Å². The molecule has 0 radical (unpaired) electrons. The number of rotatable bonds is 6. The standard InChI is InChI=1S/C26H26N2O/c1-19-9-8-12-21(15-19)23(16-26(29)27-17-20-10-4-3-5-11-20)24-18-28(2)25-14-7-6-13-22(24)25/h3-15,18,23H,16-17H2,1-2H3,(H,27,29). The molecule has 146 valence electrons. The van der Waals surface area contributed by atoms with Crippen LogP contribution in [0.15, 0.2) is 85.1 Å². The van der Waals surface area contributed by atoms with E-state index in [1.54, 1.807) is 0 Å². The fourth-order valence-corrected chi connectivity index (χ4v) is 4.00. The van der Waals surface area contributed by atoms with Crippen molar-refractivity contribution >= 4 is 16.8 Å². The molecule has 0 saturated heterocycles. The summed E-state index contributed by atoms with van der Waals surface area (Å²) in [5, 5.41) is 4.30. The summed E-state index contributed by atoms with van der Waals surface area (Å²) in [6, 6.07) is 26.9. The van der Waals surface area contributed by atoms with Crippen LogP contribution >= 0.6 is 0 Å². The van der Waals surface area contributed by atoms with Gasteiger partial charge in [-0.05, 0) is 29.7 Å². The van der Waals surface area contributed by atoms with Gasteiger partial charge in [-0.3, -0.25) is 4.79 Å². The lowest BCUT2D eigenvalue weighted by atomic mass is 9.87. The summed E-state index contributed by atoms with van der Waals surface area (Å²) in [4.78, 5) is 12.9. The van der Waals surface area contributed by atoms with Gasteiger partial charge in [0.15, 0.2) is 0 Å². The van der Waals surface area contributed by atoms with Crippen molar-refractivity contribution in [1.82, 2.24) is 9.88 Å². The molecule has 1 aromatic heterocycles. The summed E-state index contributed by atoms with van der Waals surface area (Å²) >= 11 is 0. The predicted molar refractivity (Wildman–Crippen MR) is 119 cm³/mol. The molecule has 1 N–H and O–H groups in total. The smallest absolute Gasteiger partial charge is 0.221 e. The topological polar surface area (TPSA) is 34.0 Å². The maximum atomic E-state index is 12.9. The highest BCUT2D eigenvalue weighted by Gasteiger charge is 2.22. The number of carbonyl (C=O) groups excluding carboxylic acids is 1. The van der Waals surface area contributed by atoms with E-state index in [1.807, 2.05) is 30.3 Å². The Kier molecular flexibility index (Phi) is 5.48. The minimum atomic E-state index is 0.0109. The Bertz CT molecular complexity index is 1130. The minimum absolute atomic E-state index is 0.0109. The Balaban J connectivity index is 1.65. The Labute approximate surface area is 172 Å². The van der Waals surface area contributed by atoms with E-state index in [4.69, 9.17) is 0 Å². The van der Waals surface area contributed by atoms with Crippen LogP contribution in [0, 0.1) is 6.92 Å². The number of benzene rings is 3. The molecule has 1 atom stereocenters. The van der Waals surface area contributed by atoms with Crippen LogP contribution in [-0.4, -0.2) is 10.5 Å². The molecule has 29 heavy (non-hydrogen) atoms. The second kappa shape index (κ2) is 8.36. The maximum absolute atomic E-state index is 12.9. The van der Waals surface area contributed by atoms with Crippen LogP contribution in [0.1, 0.15) is 34.6 Å². The number of amides is 1. The Morgan fingerprint density at radius 1 is 0.966 bits per heavy atom. The average Bonchev–Trinajstić information content (AvgIpc) is 3.08. The van der Waals surface area contributed by atoms with E-state index >= 15 is 0 Å². The number of carbonyl (C=O) groups is 1. The molecule has 0 fully saturated rings. The Morgan fingerprint density at radius 3 is 2.52 bits per heavy atom. The first-order valence-electron chi connectivity index (χ1n) is 10.0. The van der Waals surface area contributed by atoms with Crippen molar-refractivity contribution in [2.24, 2.45) is 7.05 Å². The second-order valence-electron chi connectivity index (χ2n) is 7.65. The zero-order valence-electron chi connectivity index (χ0n) is 16.9. The van der Waals surface area contributed by atoms with E-state index in [-0.39, 0.29) is 11.8 Å². The summed E-state index contributed by atoms with van der Waals surface area (Å²) in [6.07, 6.45) is 2.59. The normalized spacial score (nSPS) is 12.1. The summed E-state index contributed by atoms with van der Waals surface area (Å²) in [5.41, 5.74) is 5.88. The Morgan fingerprint density at radius 2 is 1.72 bits per heavy atom.